The van der Waals surface area contributed by atoms with Gasteiger partial charge in [-0.15, -0.1) is 11.3 Å². The smallest absolute Gasteiger partial charge is 0.323 e. The standard InChI is InChI=1S/C15H20O4S/c1-19-14(18)15(13(16)17,11-5-2-3-6-11)9-8-12-7-4-10-20-12/h4,7,10-11H,2-3,5-6,8-9H2,1H3,(H,16,17). The molecule has 20 heavy (non-hydrogen) atoms. The van der Waals surface area contributed by atoms with Crippen LogP contribution in [0.25, 0.3) is 0 Å². The van der Waals surface area contributed by atoms with E-state index in [1.807, 2.05) is 17.5 Å². The lowest BCUT2D eigenvalue weighted by Crippen LogP contribution is -2.46. The van der Waals surface area contributed by atoms with Crippen LogP contribution in [0.2, 0.25) is 0 Å². The topological polar surface area (TPSA) is 63.6 Å². The second-order valence-electron chi connectivity index (χ2n) is 5.33. The second kappa shape index (κ2) is 6.39. The monoisotopic (exact) mass is 296 g/mol. The van der Waals surface area contributed by atoms with Crippen molar-refractivity contribution >= 4 is 23.3 Å². The maximum absolute atomic E-state index is 12.2. The molecule has 1 aliphatic rings. The summed E-state index contributed by atoms with van der Waals surface area (Å²) in [6.45, 7) is 0. The Kier molecular flexibility index (Phi) is 4.81. The van der Waals surface area contributed by atoms with Gasteiger partial charge in [0.1, 0.15) is 0 Å². The zero-order valence-corrected chi connectivity index (χ0v) is 12.4. The van der Waals surface area contributed by atoms with Gasteiger partial charge < -0.3 is 9.84 Å². The molecule has 1 aromatic heterocycles. The number of carbonyl (C=O) groups is 2. The first-order valence-electron chi connectivity index (χ1n) is 6.95. The zero-order chi connectivity index (χ0) is 14.6. The van der Waals surface area contributed by atoms with Gasteiger partial charge in [-0.05, 0) is 43.0 Å². The number of carbonyl (C=O) groups excluding carboxylic acids is 1. The number of hydrogen-bond donors (Lipinski definition) is 1. The fourth-order valence-corrected chi connectivity index (χ4v) is 3.93. The van der Waals surface area contributed by atoms with Crippen LogP contribution in [0.3, 0.4) is 0 Å². The van der Waals surface area contributed by atoms with E-state index in [-0.39, 0.29) is 5.92 Å². The molecule has 2 rings (SSSR count). The number of esters is 1. The summed E-state index contributed by atoms with van der Waals surface area (Å²) < 4.78 is 4.84. The molecule has 0 spiro atoms. The summed E-state index contributed by atoms with van der Waals surface area (Å²) in [7, 11) is 1.28. The van der Waals surface area contributed by atoms with Gasteiger partial charge in [-0.1, -0.05) is 18.9 Å². The maximum atomic E-state index is 12.2. The third kappa shape index (κ3) is 2.73. The number of aryl methyl sites for hydroxylation is 1. The number of rotatable bonds is 6. The second-order valence-corrected chi connectivity index (χ2v) is 6.36. The summed E-state index contributed by atoms with van der Waals surface area (Å²) >= 11 is 1.59. The first kappa shape index (κ1) is 15.0. The summed E-state index contributed by atoms with van der Waals surface area (Å²) in [6, 6.07) is 3.92. The van der Waals surface area contributed by atoms with E-state index in [1.54, 1.807) is 11.3 Å². The van der Waals surface area contributed by atoms with Crippen molar-refractivity contribution in [2.24, 2.45) is 11.3 Å². The average Bonchev–Trinajstić information content (AvgIpc) is 3.11. The Bertz CT molecular complexity index is 462. The van der Waals surface area contributed by atoms with Crippen molar-refractivity contribution in [2.45, 2.75) is 38.5 Å². The quantitative estimate of drug-likeness (QED) is 0.647. The Hall–Kier alpha value is -1.36. The highest BCUT2D eigenvalue weighted by Gasteiger charge is 2.53. The van der Waals surface area contributed by atoms with Crippen molar-refractivity contribution in [3.05, 3.63) is 22.4 Å². The molecule has 1 N–H and O–H groups in total. The first-order valence-corrected chi connectivity index (χ1v) is 7.83. The fourth-order valence-electron chi connectivity index (χ4n) is 3.22. The predicted octanol–water partition coefficient (Wildman–Crippen LogP) is 3.11. The molecule has 1 atom stereocenters. The van der Waals surface area contributed by atoms with Gasteiger partial charge in [0.05, 0.1) is 7.11 Å². The number of ether oxygens (including phenoxy) is 1. The molecule has 0 radical (unpaired) electrons. The highest BCUT2D eigenvalue weighted by Crippen LogP contribution is 2.44. The Labute approximate surface area is 122 Å². The molecule has 0 aliphatic heterocycles. The number of carboxylic acid groups (broad SMARTS) is 1. The molecule has 1 saturated carbocycles. The van der Waals surface area contributed by atoms with Crippen LogP contribution in [0.15, 0.2) is 17.5 Å². The lowest BCUT2D eigenvalue weighted by molar-refractivity contribution is -0.172. The van der Waals surface area contributed by atoms with Gasteiger partial charge in [0, 0.05) is 4.88 Å². The summed E-state index contributed by atoms with van der Waals surface area (Å²) in [5, 5.41) is 11.7. The molecule has 1 aromatic rings. The van der Waals surface area contributed by atoms with Crippen molar-refractivity contribution in [1.29, 1.82) is 0 Å². The molecule has 5 heteroatoms. The molecular formula is C15H20O4S. The van der Waals surface area contributed by atoms with Crippen molar-refractivity contribution < 1.29 is 19.4 Å². The SMILES string of the molecule is COC(=O)C(CCc1cccs1)(C(=O)O)C1CCCC1. The van der Waals surface area contributed by atoms with Crippen LogP contribution in [0, 0.1) is 11.3 Å². The number of thiophene rings is 1. The van der Waals surface area contributed by atoms with E-state index >= 15 is 0 Å². The Morgan fingerprint density at radius 2 is 2.15 bits per heavy atom. The average molecular weight is 296 g/mol. The summed E-state index contributed by atoms with van der Waals surface area (Å²) in [5.74, 6) is -1.73. The number of hydrogen-bond acceptors (Lipinski definition) is 4. The van der Waals surface area contributed by atoms with Crippen LogP contribution in [0.1, 0.15) is 37.0 Å². The van der Waals surface area contributed by atoms with E-state index in [1.165, 1.54) is 7.11 Å². The van der Waals surface area contributed by atoms with E-state index in [0.29, 0.717) is 12.8 Å². The van der Waals surface area contributed by atoms with E-state index in [9.17, 15) is 14.7 Å². The van der Waals surface area contributed by atoms with Crippen LogP contribution < -0.4 is 0 Å². The molecule has 4 nitrogen and oxygen atoms in total. The van der Waals surface area contributed by atoms with Gasteiger partial charge in [0.25, 0.3) is 0 Å². The molecule has 1 heterocycles. The summed E-state index contributed by atoms with van der Waals surface area (Å²) in [5.41, 5.74) is -1.38. The van der Waals surface area contributed by atoms with Crippen molar-refractivity contribution in [3.8, 4) is 0 Å². The van der Waals surface area contributed by atoms with Crippen molar-refractivity contribution in [1.82, 2.24) is 0 Å². The lowest BCUT2D eigenvalue weighted by Gasteiger charge is -2.32. The normalized spacial score (nSPS) is 18.6. The minimum absolute atomic E-state index is 0.104. The van der Waals surface area contributed by atoms with E-state index < -0.39 is 17.4 Å². The Balaban J connectivity index is 2.25. The molecule has 0 aromatic carbocycles. The van der Waals surface area contributed by atoms with Crippen LogP contribution >= 0.6 is 11.3 Å². The third-order valence-corrected chi connectivity index (χ3v) is 5.27. The summed E-state index contributed by atoms with van der Waals surface area (Å²) in [6.07, 6.45) is 4.51. The van der Waals surface area contributed by atoms with Crippen LogP contribution in [-0.4, -0.2) is 24.2 Å². The van der Waals surface area contributed by atoms with Crippen LogP contribution in [-0.2, 0) is 20.7 Å². The highest BCUT2D eigenvalue weighted by atomic mass is 32.1. The first-order chi connectivity index (χ1) is 9.61. The number of carboxylic acids is 1. The predicted molar refractivity (Wildman–Crippen MR) is 76.7 cm³/mol. The molecule has 1 unspecified atom stereocenters. The number of aliphatic carboxylic acids is 1. The summed E-state index contributed by atoms with van der Waals surface area (Å²) in [4.78, 5) is 25.2. The lowest BCUT2D eigenvalue weighted by atomic mass is 9.71. The van der Waals surface area contributed by atoms with E-state index in [4.69, 9.17) is 4.74 Å². The molecule has 110 valence electrons. The molecule has 0 amide bonds. The molecular weight excluding hydrogens is 276 g/mol. The van der Waals surface area contributed by atoms with Gasteiger partial charge in [-0.3, -0.25) is 9.59 Å². The fraction of sp³-hybridized carbons (Fsp3) is 0.600. The Morgan fingerprint density at radius 3 is 2.65 bits per heavy atom. The van der Waals surface area contributed by atoms with Gasteiger partial charge >= 0.3 is 11.9 Å². The maximum Gasteiger partial charge on any atom is 0.323 e. The minimum Gasteiger partial charge on any atom is -0.480 e. The minimum atomic E-state index is -1.38. The molecule has 1 fully saturated rings. The van der Waals surface area contributed by atoms with Crippen molar-refractivity contribution in [3.63, 3.8) is 0 Å². The van der Waals surface area contributed by atoms with Gasteiger partial charge in [-0.2, -0.15) is 0 Å². The van der Waals surface area contributed by atoms with Gasteiger partial charge in [0.2, 0.25) is 0 Å². The highest BCUT2D eigenvalue weighted by molar-refractivity contribution is 7.09. The van der Waals surface area contributed by atoms with Gasteiger partial charge in [-0.25, -0.2) is 0 Å². The van der Waals surface area contributed by atoms with E-state index in [2.05, 4.69) is 0 Å². The molecule has 1 aliphatic carbocycles. The molecule has 0 bridgehead atoms. The van der Waals surface area contributed by atoms with Crippen LogP contribution in [0.5, 0.6) is 0 Å². The zero-order valence-electron chi connectivity index (χ0n) is 11.6. The molecule has 0 saturated heterocycles. The van der Waals surface area contributed by atoms with Gasteiger partial charge in [0.15, 0.2) is 5.41 Å². The largest absolute Gasteiger partial charge is 0.480 e. The van der Waals surface area contributed by atoms with Crippen LogP contribution in [0.4, 0.5) is 0 Å². The van der Waals surface area contributed by atoms with Crippen molar-refractivity contribution in [2.75, 3.05) is 7.11 Å². The Morgan fingerprint density at radius 1 is 1.45 bits per heavy atom. The van der Waals surface area contributed by atoms with E-state index in [0.717, 1.165) is 30.6 Å². The third-order valence-electron chi connectivity index (χ3n) is 4.33. The number of methoxy groups -OCH3 is 1.